The van der Waals surface area contributed by atoms with Gasteiger partial charge in [0.1, 0.15) is 5.82 Å². The monoisotopic (exact) mass is 422 g/mol. The van der Waals surface area contributed by atoms with Crippen LogP contribution in [0.4, 0.5) is 17.2 Å². The highest BCUT2D eigenvalue weighted by atomic mass is 79.9. The van der Waals surface area contributed by atoms with Crippen LogP contribution in [0, 0.1) is 0 Å². The lowest BCUT2D eigenvalue weighted by Crippen LogP contribution is -2.10. The summed E-state index contributed by atoms with van der Waals surface area (Å²) in [6, 6.07) is 15.7. The molecule has 2 heterocycles. The topological polar surface area (TPSA) is 66.0 Å². The summed E-state index contributed by atoms with van der Waals surface area (Å²) in [5.41, 5.74) is 2.82. The molecule has 2 aromatic carbocycles. The Kier molecular flexibility index (Phi) is 5.18. The maximum absolute atomic E-state index is 12.3. The molecule has 0 aliphatic carbocycles. The van der Waals surface area contributed by atoms with E-state index < -0.39 is 0 Å². The number of rotatable bonds is 4. The zero-order valence-corrected chi connectivity index (χ0v) is 16.2. The summed E-state index contributed by atoms with van der Waals surface area (Å²) in [5, 5.41) is 11.5. The van der Waals surface area contributed by atoms with Crippen LogP contribution < -0.4 is 16.0 Å². The van der Waals surface area contributed by atoms with Crippen LogP contribution in [0.15, 0.2) is 70.8 Å². The Morgan fingerprint density at radius 3 is 2.89 bits per heavy atom. The number of nitrogens with zero attached hydrogens (tertiary/aromatic N) is 1. The van der Waals surface area contributed by atoms with E-state index in [1.165, 1.54) is 0 Å². The number of fused-ring (bicyclic) bond motifs is 1. The Hall–Kier alpha value is -2.70. The number of hydrogen-bond donors (Lipinski definition) is 3. The summed E-state index contributed by atoms with van der Waals surface area (Å²) in [7, 11) is 0. The molecule has 27 heavy (non-hydrogen) atoms. The van der Waals surface area contributed by atoms with Crippen molar-refractivity contribution in [1.29, 1.82) is 0 Å². The van der Waals surface area contributed by atoms with Crippen LogP contribution in [-0.4, -0.2) is 24.0 Å². The molecule has 1 aromatic heterocycles. The second-order valence-corrected chi connectivity index (χ2v) is 7.37. The number of pyridine rings is 1. The van der Waals surface area contributed by atoms with Crippen LogP contribution in [0.25, 0.3) is 10.8 Å². The molecule has 0 atom stereocenters. The summed E-state index contributed by atoms with van der Waals surface area (Å²) in [5.74, 6) is 0.651. The third-order valence-corrected chi connectivity index (χ3v) is 4.92. The molecule has 136 valence electrons. The summed E-state index contributed by atoms with van der Waals surface area (Å²) < 4.78 is 0.995. The number of aromatic nitrogens is 1. The smallest absolute Gasteiger partial charge is 0.248 e. The van der Waals surface area contributed by atoms with Crippen molar-refractivity contribution < 1.29 is 4.79 Å². The van der Waals surface area contributed by atoms with Gasteiger partial charge in [-0.1, -0.05) is 28.1 Å². The number of hydrogen-bond acceptors (Lipinski definition) is 4. The van der Waals surface area contributed by atoms with Crippen LogP contribution in [0.1, 0.15) is 6.42 Å². The maximum atomic E-state index is 12.3. The number of benzene rings is 2. The summed E-state index contributed by atoms with van der Waals surface area (Å²) in [4.78, 5) is 16.7. The van der Waals surface area contributed by atoms with Crippen molar-refractivity contribution in [3.05, 3.63) is 70.8 Å². The normalized spacial score (nSPS) is 15.2. The molecule has 1 saturated heterocycles. The van der Waals surface area contributed by atoms with E-state index in [0.717, 1.165) is 57.5 Å². The van der Waals surface area contributed by atoms with Gasteiger partial charge in [0.05, 0.1) is 0 Å². The van der Waals surface area contributed by atoms with Crippen LogP contribution in [-0.2, 0) is 4.79 Å². The van der Waals surface area contributed by atoms with E-state index in [1.54, 1.807) is 12.3 Å². The molecule has 0 spiro atoms. The van der Waals surface area contributed by atoms with Gasteiger partial charge < -0.3 is 16.0 Å². The molecular formula is C21H19BrN4O. The van der Waals surface area contributed by atoms with Gasteiger partial charge in [0, 0.05) is 40.1 Å². The number of carbonyl (C=O) groups excluding carboxylic acids is 1. The minimum Gasteiger partial charge on any atom is -0.340 e. The summed E-state index contributed by atoms with van der Waals surface area (Å²) in [6.45, 7) is 1.72. The van der Waals surface area contributed by atoms with Gasteiger partial charge in [-0.15, -0.1) is 0 Å². The van der Waals surface area contributed by atoms with E-state index in [0.29, 0.717) is 0 Å². The van der Waals surface area contributed by atoms with Crippen molar-refractivity contribution in [2.45, 2.75) is 6.42 Å². The van der Waals surface area contributed by atoms with Gasteiger partial charge in [0.2, 0.25) is 5.91 Å². The molecular weight excluding hydrogens is 404 g/mol. The molecule has 1 amide bonds. The van der Waals surface area contributed by atoms with E-state index >= 15 is 0 Å². The van der Waals surface area contributed by atoms with Crippen molar-refractivity contribution in [2.24, 2.45) is 0 Å². The fourth-order valence-corrected chi connectivity index (χ4v) is 3.52. The minimum atomic E-state index is -0.0987. The first kappa shape index (κ1) is 17.7. The average Bonchev–Trinajstić information content (AvgIpc) is 3.15. The molecule has 1 aliphatic heterocycles. The van der Waals surface area contributed by atoms with Crippen LogP contribution in [0.5, 0.6) is 0 Å². The molecule has 0 saturated carbocycles. The lowest BCUT2D eigenvalue weighted by Gasteiger charge is -2.11. The van der Waals surface area contributed by atoms with Gasteiger partial charge in [0.15, 0.2) is 0 Å². The second kappa shape index (κ2) is 7.90. The second-order valence-electron chi connectivity index (χ2n) is 6.45. The zero-order chi connectivity index (χ0) is 18.6. The molecule has 3 aromatic rings. The van der Waals surface area contributed by atoms with Gasteiger partial charge in [-0.05, 0) is 60.3 Å². The lowest BCUT2D eigenvalue weighted by molar-refractivity contribution is -0.112. The predicted molar refractivity (Wildman–Crippen MR) is 113 cm³/mol. The Bertz CT molecular complexity index is 1020. The average molecular weight is 423 g/mol. The first-order valence-electron chi connectivity index (χ1n) is 8.80. The predicted octanol–water partition coefficient (Wildman–Crippen LogP) is 4.60. The van der Waals surface area contributed by atoms with E-state index in [2.05, 4.69) is 36.9 Å². The fraction of sp³-hybridized carbons (Fsp3) is 0.143. The molecule has 1 aliphatic rings. The summed E-state index contributed by atoms with van der Waals surface area (Å²) >= 11 is 3.48. The van der Waals surface area contributed by atoms with Gasteiger partial charge >= 0.3 is 0 Å². The molecule has 5 nitrogen and oxygen atoms in total. The van der Waals surface area contributed by atoms with E-state index in [-0.39, 0.29) is 5.91 Å². The maximum Gasteiger partial charge on any atom is 0.248 e. The van der Waals surface area contributed by atoms with E-state index in [4.69, 9.17) is 0 Å². The number of carbonyl (C=O) groups is 1. The standard InChI is InChI=1S/C21H19BrN4O/c22-16-2-1-3-17(11-16)26-21-19-12-18(5-4-15(19)7-9-24-21)25-20(27)10-14-6-8-23-13-14/h1-5,7,9-12,23H,6,8,13H2,(H,24,26)(H,25,27). The quantitative estimate of drug-likeness (QED) is 0.537. The van der Waals surface area contributed by atoms with E-state index in [1.807, 2.05) is 48.5 Å². The van der Waals surface area contributed by atoms with Crippen molar-refractivity contribution in [1.82, 2.24) is 10.3 Å². The van der Waals surface area contributed by atoms with Crippen molar-refractivity contribution in [3.63, 3.8) is 0 Å². The fourth-order valence-electron chi connectivity index (χ4n) is 3.12. The zero-order valence-electron chi connectivity index (χ0n) is 14.6. The molecule has 3 N–H and O–H groups in total. The van der Waals surface area contributed by atoms with Crippen molar-refractivity contribution in [3.8, 4) is 0 Å². The molecule has 0 unspecified atom stereocenters. The molecule has 0 radical (unpaired) electrons. The highest BCUT2D eigenvalue weighted by Gasteiger charge is 2.09. The molecule has 4 rings (SSSR count). The molecule has 0 bridgehead atoms. The number of anilines is 3. The Morgan fingerprint density at radius 1 is 1.15 bits per heavy atom. The summed E-state index contributed by atoms with van der Waals surface area (Å²) in [6.07, 6.45) is 4.39. The van der Waals surface area contributed by atoms with Crippen LogP contribution >= 0.6 is 15.9 Å². The molecule has 1 fully saturated rings. The highest BCUT2D eigenvalue weighted by molar-refractivity contribution is 9.10. The van der Waals surface area contributed by atoms with E-state index in [9.17, 15) is 4.79 Å². The number of halogens is 1. The first-order chi connectivity index (χ1) is 13.2. The third-order valence-electron chi connectivity index (χ3n) is 4.43. The SMILES string of the molecule is O=C(C=C1CCNC1)Nc1ccc2ccnc(Nc3cccc(Br)c3)c2c1. The van der Waals surface area contributed by atoms with Crippen LogP contribution in [0.2, 0.25) is 0 Å². The Labute approximate surface area is 166 Å². The number of amides is 1. The minimum absolute atomic E-state index is 0.0987. The van der Waals surface area contributed by atoms with Gasteiger partial charge in [-0.2, -0.15) is 0 Å². The Morgan fingerprint density at radius 2 is 2.07 bits per heavy atom. The third kappa shape index (κ3) is 4.35. The lowest BCUT2D eigenvalue weighted by atomic mass is 10.1. The van der Waals surface area contributed by atoms with Gasteiger partial charge in [-0.3, -0.25) is 4.79 Å². The van der Waals surface area contributed by atoms with Crippen molar-refractivity contribution >= 4 is 49.8 Å². The van der Waals surface area contributed by atoms with Crippen molar-refractivity contribution in [2.75, 3.05) is 23.7 Å². The first-order valence-corrected chi connectivity index (χ1v) is 9.59. The van der Waals surface area contributed by atoms with Crippen LogP contribution in [0.3, 0.4) is 0 Å². The van der Waals surface area contributed by atoms with Gasteiger partial charge in [-0.25, -0.2) is 4.98 Å². The number of nitrogens with one attached hydrogen (secondary N) is 3. The molecule has 6 heteroatoms. The van der Waals surface area contributed by atoms with Gasteiger partial charge in [0.25, 0.3) is 0 Å². The highest BCUT2D eigenvalue weighted by Crippen LogP contribution is 2.28. The Balaban J connectivity index is 1.60. The largest absolute Gasteiger partial charge is 0.340 e.